The Morgan fingerprint density at radius 1 is 1.08 bits per heavy atom. The van der Waals surface area contributed by atoms with Crippen molar-refractivity contribution in [2.75, 3.05) is 17.2 Å². The van der Waals surface area contributed by atoms with Gasteiger partial charge in [-0.3, -0.25) is 4.79 Å². The molecule has 0 aliphatic carbocycles. The van der Waals surface area contributed by atoms with Crippen LogP contribution in [0, 0.1) is 0 Å². The average molecular weight is 337 g/mol. The molecule has 1 amide bonds. The van der Waals surface area contributed by atoms with Crippen molar-refractivity contribution >= 4 is 28.4 Å². The lowest BCUT2D eigenvalue weighted by Gasteiger charge is -2.06. The molecule has 3 rings (SSSR count). The number of aromatic amines is 1. The minimum atomic E-state index is -0.109. The van der Waals surface area contributed by atoms with Gasteiger partial charge in [0.15, 0.2) is 5.82 Å². The third-order valence-corrected chi connectivity index (χ3v) is 4.04. The Labute approximate surface area is 147 Å². The normalized spacial score (nSPS) is 10.8. The van der Waals surface area contributed by atoms with E-state index in [4.69, 9.17) is 0 Å². The van der Waals surface area contributed by atoms with Crippen molar-refractivity contribution in [1.29, 1.82) is 0 Å². The van der Waals surface area contributed by atoms with Crippen molar-refractivity contribution < 1.29 is 4.79 Å². The number of nitrogens with zero attached hydrogens (tertiary/aromatic N) is 2. The minimum absolute atomic E-state index is 0.109. The van der Waals surface area contributed by atoms with Crippen LogP contribution >= 0.6 is 0 Å². The second kappa shape index (κ2) is 8.28. The predicted molar refractivity (Wildman–Crippen MR) is 101 cm³/mol. The number of carbonyl (C=O) groups excluding carboxylic acids is 1. The molecule has 1 aromatic carbocycles. The quantitative estimate of drug-likeness (QED) is 0.547. The standard InChI is InChI=1S/C19H23N5O/c1-2-3-6-11-20-17-9-10-18(24-23-17)22-19(25)12-14-13-21-16-8-5-4-7-15(14)16/h4-5,7-10,13,21H,2-3,6,11-12H2,1H3,(H,20,23)(H,22,24,25). The van der Waals surface area contributed by atoms with Gasteiger partial charge in [-0.25, -0.2) is 0 Å². The zero-order valence-electron chi connectivity index (χ0n) is 14.4. The van der Waals surface area contributed by atoms with Gasteiger partial charge in [0.2, 0.25) is 5.91 Å². The summed E-state index contributed by atoms with van der Waals surface area (Å²) < 4.78 is 0. The molecule has 0 bridgehead atoms. The van der Waals surface area contributed by atoms with E-state index >= 15 is 0 Å². The summed E-state index contributed by atoms with van der Waals surface area (Å²) in [6.07, 6.45) is 5.67. The molecule has 0 unspecified atom stereocenters. The third-order valence-electron chi connectivity index (χ3n) is 4.04. The maximum absolute atomic E-state index is 12.2. The van der Waals surface area contributed by atoms with Crippen LogP contribution in [-0.2, 0) is 11.2 Å². The number of unbranched alkanes of at least 4 members (excludes halogenated alkanes) is 2. The first kappa shape index (κ1) is 17.0. The Balaban J connectivity index is 1.54. The highest BCUT2D eigenvalue weighted by Crippen LogP contribution is 2.18. The number of benzene rings is 1. The van der Waals surface area contributed by atoms with E-state index in [-0.39, 0.29) is 5.91 Å². The maximum atomic E-state index is 12.2. The summed E-state index contributed by atoms with van der Waals surface area (Å²) in [5, 5.41) is 15.2. The summed E-state index contributed by atoms with van der Waals surface area (Å²) in [5.74, 6) is 1.08. The SMILES string of the molecule is CCCCCNc1ccc(NC(=O)Cc2c[nH]c3ccccc23)nn1. The summed E-state index contributed by atoms with van der Waals surface area (Å²) in [6, 6.07) is 11.5. The molecular formula is C19H23N5O. The van der Waals surface area contributed by atoms with Gasteiger partial charge in [0.05, 0.1) is 6.42 Å². The van der Waals surface area contributed by atoms with E-state index in [1.54, 1.807) is 6.07 Å². The minimum Gasteiger partial charge on any atom is -0.369 e. The number of carbonyl (C=O) groups is 1. The molecule has 0 radical (unpaired) electrons. The first-order valence-corrected chi connectivity index (χ1v) is 8.68. The fourth-order valence-corrected chi connectivity index (χ4v) is 2.72. The Hall–Kier alpha value is -2.89. The Kier molecular flexibility index (Phi) is 5.61. The van der Waals surface area contributed by atoms with Gasteiger partial charge in [0.1, 0.15) is 5.82 Å². The summed E-state index contributed by atoms with van der Waals surface area (Å²) in [7, 11) is 0. The predicted octanol–water partition coefficient (Wildman–Crippen LogP) is 3.74. The Morgan fingerprint density at radius 2 is 1.88 bits per heavy atom. The fourth-order valence-electron chi connectivity index (χ4n) is 2.72. The smallest absolute Gasteiger partial charge is 0.230 e. The molecule has 2 heterocycles. The largest absolute Gasteiger partial charge is 0.369 e. The number of hydrogen-bond acceptors (Lipinski definition) is 4. The summed E-state index contributed by atoms with van der Waals surface area (Å²) in [5.41, 5.74) is 2.00. The molecule has 130 valence electrons. The van der Waals surface area contributed by atoms with Gasteiger partial charge < -0.3 is 15.6 Å². The van der Waals surface area contributed by atoms with Crippen LogP contribution in [0.4, 0.5) is 11.6 Å². The number of anilines is 2. The zero-order valence-corrected chi connectivity index (χ0v) is 14.4. The van der Waals surface area contributed by atoms with Crippen molar-refractivity contribution in [3.63, 3.8) is 0 Å². The van der Waals surface area contributed by atoms with E-state index in [0.29, 0.717) is 12.2 Å². The molecule has 25 heavy (non-hydrogen) atoms. The summed E-state index contributed by atoms with van der Waals surface area (Å²) >= 11 is 0. The molecule has 0 aliphatic heterocycles. The van der Waals surface area contributed by atoms with Crippen LogP contribution in [0.2, 0.25) is 0 Å². The summed E-state index contributed by atoms with van der Waals surface area (Å²) in [6.45, 7) is 3.06. The molecular weight excluding hydrogens is 314 g/mol. The third kappa shape index (κ3) is 4.56. The first-order valence-electron chi connectivity index (χ1n) is 8.68. The van der Waals surface area contributed by atoms with Gasteiger partial charge in [0, 0.05) is 23.6 Å². The van der Waals surface area contributed by atoms with E-state index in [1.165, 1.54) is 12.8 Å². The topological polar surface area (TPSA) is 82.7 Å². The number of hydrogen-bond donors (Lipinski definition) is 3. The monoisotopic (exact) mass is 337 g/mol. The van der Waals surface area contributed by atoms with Gasteiger partial charge in [-0.15, -0.1) is 10.2 Å². The fraction of sp³-hybridized carbons (Fsp3) is 0.316. The number of aromatic nitrogens is 3. The van der Waals surface area contributed by atoms with Crippen molar-refractivity contribution in [2.24, 2.45) is 0 Å². The highest BCUT2D eigenvalue weighted by atomic mass is 16.1. The lowest BCUT2D eigenvalue weighted by molar-refractivity contribution is -0.115. The van der Waals surface area contributed by atoms with Gasteiger partial charge in [-0.2, -0.15) is 0 Å². The highest BCUT2D eigenvalue weighted by Gasteiger charge is 2.09. The Bertz CT molecular complexity index is 825. The van der Waals surface area contributed by atoms with E-state index < -0.39 is 0 Å². The van der Waals surface area contributed by atoms with Gasteiger partial charge in [0.25, 0.3) is 0 Å². The van der Waals surface area contributed by atoms with Crippen LogP contribution in [0.1, 0.15) is 31.7 Å². The Morgan fingerprint density at radius 3 is 2.68 bits per heavy atom. The van der Waals surface area contributed by atoms with Crippen LogP contribution < -0.4 is 10.6 Å². The van der Waals surface area contributed by atoms with E-state index in [0.717, 1.165) is 35.2 Å². The molecule has 0 atom stereocenters. The zero-order chi connectivity index (χ0) is 17.5. The molecule has 2 aromatic heterocycles. The molecule has 0 saturated carbocycles. The lowest BCUT2D eigenvalue weighted by Crippen LogP contribution is -2.15. The number of amides is 1. The summed E-state index contributed by atoms with van der Waals surface area (Å²) in [4.78, 5) is 15.4. The molecule has 3 aromatic rings. The second-order valence-electron chi connectivity index (χ2n) is 6.02. The lowest BCUT2D eigenvalue weighted by atomic mass is 10.1. The van der Waals surface area contributed by atoms with E-state index in [2.05, 4.69) is 32.7 Å². The van der Waals surface area contributed by atoms with Crippen molar-refractivity contribution in [3.8, 4) is 0 Å². The van der Waals surface area contributed by atoms with E-state index in [9.17, 15) is 4.79 Å². The number of fused-ring (bicyclic) bond motifs is 1. The van der Waals surface area contributed by atoms with Gasteiger partial charge >= 0.3 is 0 Å². The van der Waals surface area contributed by atoms with E-state index in [1.807, 2.05) is 36.5 Å². The molecule has 0 aliphatic rings. The van der Waals surface area contributed by atoms with Crippen LogP contribution in [0.25, 0.3) is 10.9 Å². The molecule has 0 spiro atoms. The number of H-pyrrole nitrogens is 1. The highest BCUT2D eigenvalue weighted by molar-refractivity contribution is 5.95. The van der Waals surface area contributed by atoms with Crippen molar-refractivity contribution in [3.05, 3.63) is 48.2 Å². The number of para-hydroxylation sites is 1. The van der Waals surface area contributed by atoms with Gasteiger partial charge in [-0.1, -0.05) is 38.0 Å². The van der Waals surface area contributed by atoms with Crippen LogP contribution in [-0.4, -0.2) is 27.6 Å². The molecule has 3 N–H and O–H groups in total. The molecule has 6 nitrogen and oxygen atoms in total. The van der Waals surface area contributed by atoms with Crippen molar-refractivity contribution in [1.82, 2.24) is 15.2 Å². The molecule has 6 heteroatoms. The number of rotatable bonds is 8. The molecule has 0 saturated heterocycles. The van der Waals surface area contributed by atoms with Crippen LogP contribution in [0.15, 0.2) is 42.6 Å². The maximum Gasteiger partial charge on any atom is 0.230 e. The average Bonchev–Trinajstić information content (AvgIpc) is 3.03. The second-order valence-corrected chi connectivity index (χ2v) is 6.02. The molecule has 0 fully saturated rings. The first-order chi connectivity index (χ1) is 12.3. The number of nitrogens with one attached hydrogen (secondary N) is 3. The van der Waals surface area contributed by atoms with Crippen molar-refractivity contribution in [2.45, 2.75) is 32.6 Å². The van der Waals surface area contributed by atoms with Crippen LogP contribution in [0.3, 0.4) is 0 Å². The van der Waals surface area contributed by atoms with Crippen LogP contribution in [0.5, 0.6) is 0 Å². The van der Waals surface area contributed by atoms with Gasteiger partial charge in [-0.05, 0) is 30.2 Å².